The van der Waals surface area contributed by atoms with Crippen LogP contribution in [0.5, 0.6) is 0 Å². The standard InChI is InChI=1S/C11H11ClF2N2O/c12-7-1-2-8-9(5-7)16-11(15-8)3-4-17-6-10(13)14/h1-2,5,10H,3-4,6H2,(H,15,16). The summed E-state index contributed by atoms with van der Waals surface area (Å²) < 4.78 is 28.4. The third kappa shape index (κ3) is 3.38. The lowest BCUT2D eigenvalue weighted by atomic mass is 10.3. The summed E-state index contributed by atoms with van der Waals surface area (Å²) in [6, 6.07) is 5.33. The molecule has 0 bridgehead atoms. The molecule has 6 heteroatoms. The highest BCUT2D eigenvalue weighted by Gasteiger charge is 2.05. The van der Waals surface area contributed by atoms with E-state index >= 15 is 0 Å². The number of H-pyrrole nitrogens is 1. The Morgan fingerprint density at radius 2 is 2.24 bits per heavy atom. The summed E-state index contributed by atoms with van der Waals surface area (Å²) in [6.07, 6.45) is -1.96. The lowest BCUT2D eigenvalue weighted by Crippen LogP contribution is -2.07. The molecular formula is C11H11ClF2N2O. The fourth-order valence-electron chi connectivity index (χ4n) is 1.49. The van der Waals surface area contributed by atoms with Crippen LogP contribution >= 0.6 is 11.6 Å². The number of aromatic nitrogens is 2. The van der Waals surface area contributed by atoms with E-state index in [0.717, 1.165) is 11.0 Å². The van der Waals surface area contributed by atoms with E-state index in [0.29, 0.717) is 17.3 Å². The lowest BCUT2D eigenvalue weighted by Gasteiger charge is -2.00. The smallest absolute Gasteiger partial charge is 0.261 e. The number of rotatable bonds is 5. The van der Waals surface area contributed by atoms with Gasteiger partial charge in [-0.2, -0.15) is 0 Å². The Bertz CT molecular complexity index is 501. The lowest BCUT2D eigenvalue weighted by molar-refractivity contribution is 0.0183. The molecular weight excluding hydrogens is 250 g/mol. The molecule has 1 heterocycles. The van der Waals surface area contributed by atoms with Gasteiger partial charge in [0, 0.05) is 11.4 Å². The minimum absolute atomic E-state index is 0.220. The summed E-state index contributed by atoms with van der Waals surface area (Å²) in [5.74, 6) is 0.705. The van der Waals surface area contributed by atoms with Crippen molar-refractivity contribution in [2.75, 3.05) is 13.2 Å². The summed E-state index contributed by atoms with van der Waals surface area (Å²) in [4.78, 5) is 7.35. The predicted molar refractivity (Wildman–Crippen MR) is 61.6 cm³/mol. The van der Waals surface area contributed by atoms with Crippen molar-refractivity contribution >= 4 is 22.6 Å². The van der Waals surface area contributed by atoms with Crippen LogP contribution in [0.2, 0.25) is 5.02 Å². The Kier molecular flexibility index (Phi) is 3.91. The Balaban J connectivity index is 1.95. The molecule has 1 aromatic heterocycles. The maximum absolute atomic E-state index is 11.8. The second kappa shape index (κ2) is 5.42. The van der Waals surface area contributed by atoms with Gasteiger partial charge in [-0.05, 0) is 18.2 Å². The van der Waals surface area contributed by atoms with Gasteiger partial charge < -0.3 is 9.72 Å². The zero-order valence-corrected chi connectivity index (χ0v) is 9.68. The molecule has 1 N–H and O–H groups in total. The molecule has 2 aromatic rings. The number of hydrogen-bond acceptors (Lipinski definition) is 2. The van der Waals surface area contributed by atoms with Crippen LogP contribution in [-0.2, 0) is 11.2 Å². The first-order chi connectivity index (χ1) is 8.15. The minimum Gasteiger partial charge on any atom is -0.375 e. The summed E-state index contributed by atoms with van der Waals surface area (Å²) in [5.41, 5.74) is 1.64. The predicted octanol–water partition coefficient (Wildman–Crippen LogP) is 3.04. The topological polar surface area (TPSA) is 37.9 Å². The summed E-state index contributed by atoms with van der Waals surface area (Å²) in [7, 11) is 0. The number of benzene rings is 1. The van der Waals surface area contributed by atoms with Crippen LogP contribution in [0.4, 0.5) is 8.78 Å². The fraction of sp³-hybridized carbons (Fsp3) is 0.364. The molecule has 92 valence electrons. The minimum atomic E-state index is -2.43. The fourth-order valence-corrected chi connectivity index (χ4v) is 1.67. The molecule has 0 saturated carbocycles. The van der Waals surface area contributed by atoms with Gasteiger partial charge in [-0.1, -0.05) is 11.6 Å². The van der Waals surface area contributed by atoms with E-state index in [1.165, 1.54) is 0 Å². The van der Waals surface area contributed by atoms with Gasteiger partial charge in [0.1, 0.15) is 12.4 Å². The largest absolute Gasteiger partial charge is 0.375 e. The zero-order valence-electron chi connectivity index (χ0n) is 8.92. The highest BCUT2D eigenvalue weighted by molar-refractivity contribution is 6.31. The van der Waals surface area contributed by atoms with Crippen LogP contribution in [0.1, 0.15) is 5.82 Å². The Labute approximate surface area is 102 Å². The van der Waals surface area contributed by atoms with Gasteiger partial charge in [0.05, 0.1) is 17.6 Å². The monoisotopic (exact) mass is 260 g/mol. The van der Waals surface area contributed by atoms with Crippen molar-refractivity contribution in [2.45, 2.75) is 12.8 Å². The number of nitrogens with one attached hydrogen (secondary N) is 1. The summed E-state index contributed by atoms with van der Waals surface area (Å²) in [6.45, 7) is -0.316. The van der Waals surface area contributed by atoms with E-state index in [1.54, 1.807) is 18.2 Å². The van der Waals surface area contributed by atoms with Gasteiger partial charge in [-0.25, -0.2) is 13.8 Å². The molecule has 3 nitrogen and oxygen atoms in total. The van der Waals surface area contributed by atoms with Crippen molar-refractivity contribution in [1.82, 2.24) is 9.97 Å². The van der Waals surface area contributed by atoms with Gasteiger partial charge >= 0.3 is 0 Å². The number of halogens is 3. The molecule has 0 aliphatic carbocycles. The molecule has 0 saturated heterocycles. The Morgan fingerprint density at radius 3 is 3.00 bits per heavy atom. The quantitative estimate of drug-likeness (QED) is 0.839. The summed E-state index contributed by atoms with van der Waals surface area (Å²) in [5, 5.41) is 0.627. The molecule has 0 aliphatic heterocycles. The molecule has 0 fully saturated rings. The third-order valence-corrected chi connectivity index (χ3v) is 2.46. The molecule has 0 amide bonds. The first kappa shape index (κ1) is 12.3. The summed E-state index contributed by atoms with van der Waals surface area (Å²) >= 11 is 5.83. The third-order valence-electron chi connectivity index (χ3n) is 2.22. The van der Waals surface area contributed by atoms with Crippen LogP contribution in [0.15, 0.2) is 18.2 Å². The number of fused-ring (bicyclic) bond motifs is 1. The molecule has 2 rings (SSSR count). The molecule has 0 aliphatic rings. The van der Waals surface area contributed by atoms with Gasteiger partial charge in [0.25, 0.3) is 6.43 Å². The van der Waals surface area contributed by atoms with Crippen molar-refractivity contribution in [3.63, 3.8) is 0 Å². The van der Waals surface area contributed by atoms with E-state index in [2.05, 4.69) is 9.97 Å². The number of hydrogen-bond donors (Lipinski definition) is 1. The van der Waals surface area contributed by atoms with Crippen molar-refractivity contribution in [3.05, 3.63) is 29.0 Å². The molecule has 17 heavy (non-hydrogen) atoms. The van der Waals surface area contributed by atoms with E-state index in [9.17, 15) is 8.78 Å². The van der Waals surface area contributed by atoms with Crippen LogP contribution in [0.3, 0.4) is 0 Å². The number of nitrogens with zero attached hydrogens (tertiary/aromatic N) is 1. The maximum atomic E-state index is 11.8. The number of imidazole rings is 1. The van der Waals surface area contributed by atoms with Gasteiger partial charge in [-0.3, -0.25) is 0 Å². The normalized spacial score (nSPS) is 11.5. The van der Waals surface area contributed by atoms with Crippen molar-refractivity contribution < 1.29 is 13.5 Å². The SMILES string of the molecule is FC(F)COCCc1nc2ccc(Cl)cc2[nH]1. The average Bonchev–Trinajstić information content (AvgIpc) is 2.66. The van der Waals surface area contributed by atoms with Gasteiger partial charge in [0.2, 0.25) is 0 Å². The molecule has 0 spiro atoms. The van der Waals surface area contributed by atoms with E-state index in [1.807, 2.05) is 0 Å². The second-order valence-corrected chi connectivity index (χ2v) is 4.00. The van der Waals surface area contributed by atoms with Crippen LogP contribution < -0.4 is 0 Å². The highest BCUT2D eigenvalue weighted by Crippen LogP contribution is 2.17. The van der Waals surface area contributed by atoms with Crippen LogP contribution in [0, 0.1) is 0 Å². The van der Waals surface area contributed by atoms with E-state index < -0.39 is 13.0 Å². The zero-order chi connectivity index (χ0) is 12.3. The molecule has 0 unspecified atom stereocenters. The Morgan fingerprint density at radius 1 is 1.41 bits per heavy atom. The van der Waals surface area contributed by atoms with Crippen LogP contribution in [-0.4, -0.2) is 29.6 Å². The van der Waals surface area contributed by atoms with Crippen LogP contribution in [0.25, 0.3) is 11.0 Å². The first-order valence-corrected chi connectivity index (χ1v) is 5.53. The highest BCUT2D eigenvalue weighted by atomic mass is 35.5. The second-order valence-electron chi connectivity index (χ2n) is 3.56. The average molecular weight is 261 g/mol. The van der Waals surface area contributed by atoms with E-state index in [4.69, 9.17) is 16.3 Å². The van der Waals surface area contributed by atoms with Crippen molar-refractivity contribution in [3.8, 4) is 0 Å². The Hall–Kier alpha value is -1.20. The maximum Gasteiger partial charge on any atom is 0.261 e. The van der Waals surface area contributed by atoms with Gasteiger partial charge in [-0.15, -0.1) is 0 Å². The molecule has 0 atom stereocenters. The van der Waals surface area contributed by atoms with Gasteiger partial charge in [0.15, 0.2) is 0 Å². The van der Waals surface area contributed by atoms with Crippen molar-refractivity contribution in [1.29, 1.82) is 0 Å². The van der Waals surface area contributed by atoms with E-state index in [-0.39, 0.29) is 6.61 Å². The molecule has 1 aromatic carbocycles. The first-order valence-electron chi connectivity index (χ1n) is 5.15. The molecule has 0 radical (unpaired) electrons. The number of ether oxygens (including phenoxy) is 1. The number of alkyl halides is 2. The number of aromatic amines is 1. The van der Waals surface area contributed by atoms with Crippen molar-refractivity contribution in [2.24, 2.45) is 0 Å².